The van der Waals surface area contributed by atoms with Crippen molar-refractivity contribution in [2.45, 2.75) is 38.8 Å². The predicted octanol–water partition coefficient (Wildman–Crippen LogP) is 4.50. The van der Waals surface area contributed by atoms with Crippen LogP contribution in [0.15, 0.2) is 66.9 Å². The zero-order chi connectivity index (χ0) is 27.4. The SMILES string of the molecule is COCc1ccc(C(NC(=O)Cn2ncc3ccccc32)C(=O)Nc2cc(F)c([Si](C)(C)C)cc2F)cc1. The molecule has 0 radical (unpaired) electrons. The van der Waals surface area contributed by atoms with Gasteiger partial charge in [-0.2, -0.15) is 5.10 Å². The normalized spacial score (nSPS) is 12.4. The smallest absolute Gasteiger partial charge is 0.251 e. The fourth-order valence-corrected chi connectivity index (χ4v) is 5.54. The fraction of sp³-hybridized carbons (Fsp3) is 0.250. The van der Waals surface area contributed by atoms with Gasteiger partial charge in [0.25, 0.3) is 5.91 Å². The van der Waals surface area contributed by atoms with Gasteiger partial charge >= 0.3 is 0 Å². The van der Waals surface area contributed by atoms with Crippen molar-refractivity contribution in [2.24, 2.45) is 0 Å². The molecule has 4 aromatic rings. The molecule has 7 nitrogen and oxygen atoms in total. The number of para-hydroxylation sites is 1. The van der Waals surface area contributed by atoms with E-state index in [0.29, 0.717) is 17.4 Å². The monoisotopic (exact) mass is 536 g/mol. The van der Waals surface area contributed by atoms with Crippen LogP contribution in [0.5, 0.6) is 0 Å². The van der Waals surface area contributed by atoms with Crippen LogP contribution >= 0.6 is 0 Å². The Kier molecular flexibility index (Phi) is 8.03. The summed E-state index contributed by atoms with van der Waals surface area (Å²) in [6.07, 6.45) is 1.66. The zero-order valence-electron chi connectivity index (χ0n) is 21.7. The fourth-order valence-electron chi connectivity index (χ4n) is 4.19. The van der Waals surface area contributed by atoms with E-state index < -0.39 is 37.6 Å². The number of carbonyl (C=O) groups is 2. The van der Waals surface area contributed by atoms with Crippen LogP contribution in [-0.4, -0.2) is 36.8 Å². The lowest BCUT2D eigenvalue weighted by atomic mass is 10.0. The molecule has 1 unspecified atom stereocenters. The van der Waals surface area contributed by atoms with Crippen molar-refractivity contribution in [3.8, 4) is 0 Å². The van der Waals surface area contributed by atoms with Crippen LogP contribution < -0.4 is 15.8 Å². The molecule has 38 heavy (non-hydrogen) atoms. The summed E-state index contributed by atoms with van der Waals surface area (Å²) < 4.78 is 36.4. The van der Waals surface area contributed by atoms with Crippen molar-refractivity contribution in [3.05, 3.63) is 89.6 Å². The van der Waals surface area contributed by atoms with E-state index in [1.807, 2.05) is 43.9 Å². The van der Waals surface area contributed by atoms with Gasteiger partial charge in [-0.3, -0.25) is 14.3 Å². The number of hydrogen-bond acceptors (Lipinski definition) is 4. The van der Waals surface area contributed by atoms with Crippen molar-refractivity contribution in [1.29, 1.82) is 0 Å². The Labute approximate surface area is 220 Å². The van der Waals surface area contributed by atoms with Gasteiger partial charge in [-0.15, -0.1) is 0 Å². The summed E-state index contributed by atoms with van der Waals surface area (Å²) in [5.74, 6) is -2.49. The molecule has 0 aliphatic heterocycles. The van der Waals surface area contributed by atoms with Crippen LogP contribution in [0.3, 0.4) is 0 Å². The highest BCUT2D eigenvalue weighted by molar-refractivity contribution is 6.88. The summed E-state index contributed by atoms with van der Waals surface area (Å²) >= 11 is 0. The molecule has 0 saturated heterocycles. The third-order valence-corrected chi connectivity index (χ3v) is 8.16. The van der Waals surface area contributed by atoms with E-state index in [1.54, 1.807) is 37.6 Å². The molecule has 10 heteroatoms. The number of nitrogens with one attached hydrogen (secondary N) is 2. The van der Waals surface area contributed by atoms with E-state index >= 15 is 0 Å². The number of amides is 2. The summed E-state index contributed by atoms with van der Waals surface area (Å²) in [5.41, 5.74) is 1.83. The molecule has 198 valence electrons. The van der Waals surface area contributed by atoms with Crippen LogP contribution in [0.25, 0.3) is 10.9 Å². The molecule has 1 atom stereocenters. The minimum absolute atomic E-state index is 0.132. The number of anilines is 1. The Bertz CT molecular complexity index is 1470. The summed E-state index contributed by atoms with van der Waals surface area (Å²) in [5, 5.41) is 10.7. The zero-order valence-corrected chi connectivity index (χ0v) is 22.7. The van der Waals surface area contributed by atoms with E-state index in [0.717, 1.165) is 28.6 Å². The Hall–Kier alpha value is -3.89. The summed E-state index contributed by atoms with van der Waals surface area (Å²) in [7, 11) is -0.561. The first-order valence-corrected chi connectivity index (χ1v) is 15.6. The Morgan fingerprint density at radius 1 is 1.03 bits per heavy atom. The van der Waals surface area contributed by atoms with E-state index in [9.17, 15) is 18.4 Å². The summed E-state index contributed by atoms with van der Waals surface area (Å²) in [4.78, 5) is 26.4. The van der Waals surface area contributed by atoms with Crippen LogP contribution in [-0.2, 0) is 27.5 Å². The maximum Gasteiger partial charge on any atom is 0.251 e. The van der Waals surface area contributed by atoms with Gasteiger partial charge in [-0.05, 0) is 28.4 Å². The molecule has 0 aliphatic rings. The molecular formula is C28H30F2N4O3Si. The molecule has 0 bridgehead atoms. The average Bonchev–Trinajstić information content (AvgIpc) is 3.27. The Morgan fingerprint density at radius 2 is 1.74 bits per heavy atom. The molecular weight excluding hydrogens is 506 g/mol. The second-order valence-corrected chi connectivity index (χ2v) is 15.1. The summed E-state index contributed by atoms with van der Waals surface area (Å²) in [6.45, 7) is 5.97. The maximum absolute atomic E-state index is 14.9. The molecule has 1 heterocycles. The average molecular weight is 537 g/mol. The highest BCUT2D eigenvalue weighted by Gasteiger charge is 2.27. The van der Waals surface area contributed by atoms with Crippen LogP contribution in [0.4, 0.5) is 14.5 Å². The molecule has 0 fully saturated rings. The second-order valence-electron chi connectivity index (χ2n) is 10.1. The molecule has 0 saturated carbocycles. The van der Waals surface area contributed by atoms with E-state index in [4.69, 9.17) is 4.74 Å². The first-order chi connectivity index (χ1) is 18.1. The maximum atomic E-state index is 14.9. The second kappa shape index (κ2) is 11.2. The number of hydrogen-bond donors (Lipinski definition) is 2. The quantitative estimate of drug-likeness (QED) is 0.309. The largest absolute Gasteiger partial charge is 0.380 e. The van der Waals surface area contributed by atoms with E-state index in [1.165, 1.54) is 4.68 Å². The molecule has 4 rings (SSSR count). The Morgan fingerprint density at radius 3 is 2.42 bits per heavy atom. The van der Waals surface area contributed by atoms with Crippen LogP contribution in [0, 0.1) is 11.6 Å². The number of ether oxygens (including phenoxy) is 1. The standard InChI is InChI=1S/C28H30F2N4O3Si/c1-37-17-18-9-11-19(12-10-18)27(33-26(35)16-34-24-8-6-5-7-20(24)15-31-34)28(36)32-23-13-22(30)25(14-21(23)29)38(2,3)4/h5-15,27H,16-17H2,1-4H3,(H,32,36)(H,33,35). The molecule has 0 aliphatic carbocycles. The number of benzene rings is 3. The highest BCUT2D eigenvalue weighted by Crippen LogP contribution is 2.22. The van der Waals surface area contributed by atoms with Crippen molar-refractivity contribution in [2.75, 3.05) is 12.4 Å². The predicted molar refractivity (Wildman–Crippen MR) is 146 cm³/mol. The number of methoxy groups -OCH3 is 1. The minimum atomic E-state index is -2.13. The number of carbonyl (C=O) groups excluding carboxylic acids is 2. The van der Waals surface area contributed by atoms with Crippen molar-refractivity contribution in [3.63, 3.8) is 0 Å². The van der Waals surface area contributed by atoms with Crippen LogP contribution in [0.1, 0.15) is 17.2 Å². The van der Waals surface area contributed by atoms with Gasteiger partial charge in [-0.1, -0.05) is 62.1 Å². The lowest BCUT2D eigenvalue weighted by molar-refractivity contribution is -0.127. The molecule has 0 spiro atoms. The number of halogens is 2. The van der Waals surface area contributed by atoms with Crippen molar-refractivity contribution >= 4 is 41.7 Å². The Balaban J connectivity index is 1.60. The highest BCUT2D eigenvalue weighted by atomic mass is 28.3. The van der Waals surface area contributed by atoms with E-state index in [2.05, 4.69) is 15.7 Å². The molecule has 2 amide bonds. The third kappa shape index (κ3) is 6.14. The van der Waals surface area contributed by atoms with Gasteiger partial charge < -0.3 is 15.4 Å². The van der Waals surface area contributed by atoms with Crippen molar-refractivity contribution in [1.82, 2.24) is 15.1 Å². The van der Waals surface area contributed by atoms with E-state index in [-0.39, 0.29) is 12.2 Å². The summed E-state index contributed by atoms with van der Waals surface area (Å²) in [6, 6.07) is 15.3. The van der Waals surface area contributed by atoms with Gasteiger partial charge in [0.15, 0.2) is 0 Å². The topological polar surface area (TPSA) is 85.2 Å². The number of aromatic nitrogens is 2. The molecule has 3 aromatic carbocycles. The van der Waals surface area contributed by atoms with Gasteiger partial charge in [-0.25, -0.2) is 8.78 Å². The minimum Gasteiger partial charge on any atom is -0.380 e. The first kappa shape index (κ1) is 27.1. The molecule has 2 N–H and O–H groups in total. The van der Waals surface area contributed by atoms with Crippen molar-refractivity contribution < 1.29 is 23.1 Å². The number of fused-ring (bicyclic) bond motifs is 1. The van der Waals surface area contributed by atoms with Gasteiger partial charge in [0.2, 0.25) is 5.91 Å². The first-order valence-electron chi connectivity index (χ1n) is 12.1. The van der Waals surface area contributed by atoms with Gasteiger partial charge in [0.1, 0.15) is 24.2 Å². The third-order valence-electron chi connectivity index (χ3n) is 6.16. The number of rotatable bonds is 9. The van der Waals surface area contributed by atoms with Gasteiger partial charge in [0.05, 0.1) is 32.1 Å². The number of nitrogens with zero attached hydrogens (tertiary/aromatic N) is 2. The molecule has 1 aromatic heterocycles. The lowest BCUT2D eigenvalue weighted by Crippen LogP contribution is -2.41. The lowest BCUT2D eigenvalue weighted by Gasteiger charge is -2.21. The van der Waals surface area contributed by atoms with Crippen LogP contribution in [0.2, 0.25) is 19.6 Å². The van der Waals surface area contributed by atoms with Gasteiger partial charge in [0, 0.05) is 18.6 Å².